The fourth-order valence-electron chi connectivity index (χ4n) is 3.96. The number of nitrogens with zero attached hydrogens (tertiary/aromatic N) is 2. The van der Waals surface area contributed by atoms with Crippen molar-refractivity contribution in [3.05, 3.63) is 93.7 Å². The Bertz CT molecular complexity index is 1450. The molecule has 0 fully saturated rings. The molecule has 0 unspecified atom stereocenters. The van der Waals surface area contributed by atoms with E-state index in [9.17, 15) is 22.4 Å². The van der Waals surface area contributed by atoms with E-state index in [1.54, 1.807) is 37.3 Å². The molecule has 0 heterocycles. The Kier molecular flexibility index (Phi) is 11.0. The summed E-state index contributed by atoms with van der Waals surface area (Å²) in [7, 11) is -4.36. The van der Waals surface area contributed by atoms with Gasteiger partial charge in [0.1, 0.15) is 18.4 Å². The number of aryl methyl sites for hydroxylation is 1. The van der Waals surface area contributed by atoms with Gasteiger partial charge in [-0.1, -0.05) is 72.4 Å². The van der Waals surface area contributed by atoms with Crippen molar-refractivity contribution in [3.8, 4) is 0 Å². The van der Waals surface area contributed by atoms with Crippen molar-refractivity contribution in [2.75, 3.05) is 17.4 Å². The molecule has 0 aliphatic heterocycles. The van der Waals surface area contributed by atoms with Gasteiger partial charge < -0.3 is 10.2 Å². The maximum atomic E-state index is 15.0. The quantitative estimate of drug-likeness (QED) is 0.257. The van der Waals surface area contributed by atoms with Crippen LogP contribution < -0.4 is 9.62 Å². The number of halogens is 3. The van der Waals surface area contributed by atoms with Crippen LogP contribution in [0.2, 0.25) is 10.0 Å². The van der Waals surface area contributed by atoms with Crippen LogP contribution in [0.15, 0.2) is 71.6 Å². The number of carbonyl (C=O) groups is 2. The largest absolute Gasteiger partial charge is 0.354 e. The van der Waals surface area contributed by atoms with Crippen molar-refractivity contribution < 1.29 is 22.4 Å². The molecule has 0 aliphatic carbocycles. The number of sulfonamides is 1. The summed E-state index contributed by atoms with van der Waals surface area (Å²) in [6, 6.07) is 15.2. The average Bonchev–Trinajstić information content (AvgIpc) is 2.92. The minimum atomic E-state index is -4.36. The summed E-state index contributed by atoms with van der Waals surface area (Å²) in [5, 5.41) is 3.40. The molecule has 0 bridgehead atoms. The van der Waals surface area contributed by atoms with Gasteiger partial charge in [-0.3, -0.25) is 13.9 Å². The van der Waals surface area contributed by atoms with E-state index < -0.39 is 40.2 Å². The molecule has 0 saturated heterocycles. The summed E-state index contributed by atoms with van der Waals surface area (Å²) in [4.78, 5) is 28.0. The second-order valence-electron chi connectivity index (χ2n) is 9.37. The molecule has 0 aliphatic rings. The zero-order chi connectivity index (χ0) is 29.4. The fraction of sp³-hybridized carbons (Fsp3) is 0.310. The smallest absolute Gasteiger partial charge is 0.264 e. The molecule has 3 aromatic carbocycles. The minimum absolute atomic E-state index is 0.0617. The summed E-state index contributed by atoms with van der Waals surface area (Å²) < 4.78 is 43.2. The molecule has 11 heteroatoms. The zero-order valence-electron chi connectivity index (χ0n) is 22.5. The molecule has 7 nitrogen and oxygen atoms in total. The number of benzene rings is 3. The van der Waals surface area contributed by atoms with Gasteiger partial charge in [-0.2, -0.15) is 0 Å². The number of para-hydroxylation sites is 1. The van der Waals surface area contributed by atoms with Gasteiger partial charge in [0.05, 0.1) is 20.6 Å². The van der Waals surface area contributed by atoms with Gasteiger partial charge in [-0.25, -0.2) is 12.8 Å². The molecular formula is C29H32Cl2FN3O4S. The topological polar surface area (TPSA) is 86.8 Å². The summed E-state index contributed by atoms with van der Waals surface area (Å²) in [6.07, 6.45) is 1.63. The van der Waals surface area contributed by atoms with Crippen LogP contribution in [0.4, 0.5) is 10.1 Å². The standard InChI is InChI=1S/C29H32Cl2FN3O4S/c1-4-5-16-33-29(37)21(3)34(18-22-12-15-24(30)25(31)17-22)28(36)19-35(27-9-7-6-8-26(27)32)40(38,39)23-13-10-20(2)11-14-23/h6-15,17,21H,4-5,16,18-19H2,1-3H3,(H,33,37)/t21-/m1/s1. The zero-order valence-corrected chi connectivity index (χ0v) is 24.9. The Morgan fingerprint density at radius 3 is 2.30 bits per heavy atom. The number of nitrogens with one attached hydrogen (secondary N) is 1. The maximum absolute atomic E-state index is 15.0. The van der Waals surface area contributed by atoms with E-state index in [2.05, 4.69) is 5.32 Å². The van der Waals surface area contributed by atoms with E-state index in [1.165, 1.54) is 35.2 Å². The summed E-state index contributed by atoms with van der Waals surface area (Å²) in [5.41, 5.74) is 1.13. The lowest BCUT2D eigenvalue weighted by molar-refractivity contribution is -0.139. The van der Waals surface area contributed by atoms with Crippen LogP contribution in [-0.2, 0) is 26.2 Å². The maximum Gasteiger partial charge on any atom is 0.264 e. The number of hydrogen-bond donors (Lipinski definition) is 1. The molecule has 2 amide bonds. The predicted molar refractivity (Wildman–Crippen MR) is 157 cm³/mol. The second-order valence-corrected chi connectivity index (χ2v) is 12.0. The normalized spacial score (nSPS) is 12.1. The predicted octanol–water partition coefficient (Wildman–Crippen LogP) is 5.97. The van der Waals surface area contributed by atoms with Gasteiger partial charge >= 0.3 is 0 Å². The molecule has 0 aromatic heterocycles. The number of anilines is 1. The molecule has 3 aromatic rings. The lowest BCUT2D eigenvalue weighted by Crippen LogP contribution is -2.51. The first kappa shape index (κ1) is 31.4. The molecule has 214 valence electrons. The van der Waals surface area contributed by atoms with Crippen molar-refractivity contribution >= 4 is 50.7 Å². The van der Waals surface area contributed by atoms with E-state index in [4.69, 9.17) is 23.2 Å². The highest BCUT2D eigenvalue weighted by Crippen LogP contribution is 2.28. The van der Waals surface area contributed by atoms with Crippen molar-refractivity contribution in [2.45, 2.75) is 51.1 Å². The van der Waals surface area contributed by atoms with Crippen LogP contribution in [-0.4, -0.2) is 44.3 Å². The minimum Gasteiger partial charge on any atom is -0.354 e. The molecule has 40 heavy (non-hydrogen) atoms. The molecule has 0 spiro atoms. The molecule has 1 atom stereocenters. The van der Waals surface area contributed by atoms with E-state index >= 15 is 0 Å². The van der Waals surface area contributed by atoms with Crippen molar-refractivity contribution in [2.24, 2.45) is 0 Å². The van der Waals surface area contributed by atoms with Crippen molar-refractivity contribution in [1.82, 2.24) is 10.2 Å². The highest BCUT2D eigenvalue weighted by Gasteiger charge is 2.33. The highest BCUT2D eigenvalue weighted by atomic mass is 35.5. The van der Waals surface area contributed by atoms with Gasteiger partial charge in [-0.05, 0) is 62.2 Å². The van der Waals surface area contributed by atoms with Gasteiger partial charge in [0.25, 0.3) is 10.0 Å². The van der Waals surface area contributed by atoms with Crippen LogP contribution in [0.3, 0.4) is 0 Å². The Morgan fingerprint density at radius 2 is 1.68 bits per heavy atom. The third-order valence-electron chi connectivity index (χ3n) is 6.34. The molecule has 0 saturated carbocycles. The third-order valence-corrected chi connectivity index (χ3v) is 8.86. The number of amides is 2. The SMILES string of the molecule is CCCCNC(=O)[C@@H](C)N(Cc1ccc(Cl)c(Cl)c1)C(=O)CN(c1ccccc1F)S(=O)(=O)c1ccc(C)cc1. The van der Waals surface area contributed by atoms with E-state index in [0.717, 1.165) is 28.8 Å². The third kappa shape index (κ3) is 7.74. The first-order valence-electron chi connectivity index (χ1n) is 12.8. The first-order valence-corrected chi connectivity index (χ1v) is 15.0. The summed E-state index contributed by atoms with van der Waals surface area (Å²) in [6.45, 7) is 4.97. The monoisotopic (exact) mass is 607 g/mol. The van der Waals surface area contributed by atoms with Gasteiger partial charge in [0.15, 0.2) is 0 Å². The van der Waals surface area contributed by atoms with Crippen LogP contribution in [0, 0.1) is 12.7 Å². The van der Waals surface area contributed by atoms with Crippen LogP contribution >= 0.6 is 23.2 Å². The number of carbonyl (C=O) groups excluding carboxylic acids is 2. The Hall–Kier alpha value is -3.14. The number of rotatable bonds is 12. The highest BCUT2D eigenvalue weighted by molar-refractivity contribution is 7.92. The lowest BCUT2D eigenvalue weighted by atomic mass is 10.1. The Labute approximate surface area is 244 Å². The van der Waals surface area contributed by atoms with E-state index in [-0.39, 0.29) is 22.2 Å². The Balaban J connectivity index is 2.02. The summed E-state index contributed by atoms with van der Waals surface area (Å²) >= 11 is 12.2. The van der Waals surface area contributed by atoms with Gasteiger partial charge in [0.2, 0.25) is 11.8 Å². The van der Waals surface area contributed by atoms with Crippen LogP contribution in [0.5, 0.6) is 0 Å². The lowest BCUT2D eigenvalue weighted by Gasteiger charge is -2.32. The van der Waals surface area contributed by atoms with Crippen molar-refractivity contribution in [1.29, 1.82) is 0 Å². The molecule has 3 rings (SSSR count). The molecule has 1 N–H and O–H groups in total. The van der Waals surface area contributed by atoms with Crippen LogP contribution in [0.25, 0.3) is 0 Å². The Morgan fingerprint density at radius 1 is 1.00 bits per heavy atom. The second kappa shape index (κ2) is 14.0. The van der Waals surface area contributed by atoms with Gasteiger partial charge in [0, 0.05) is 13.1 Å². The number of unbranched alkanes of at least 4 members (excludes halogenated alkanes) is 1. The van der Waals surface area contributed by atoms with Gasteiger partial charge in [-0.15, -0.1) is 0 Å². The molecular weight excluding hydrogens is 576 g/mol. The molecule has 0 radical (unpaired) electrons. The van der Waals surface area contributed by atoms with Crippen LogP contribution in [0.1, 0.15) is 37.8 Å². The van der Waals surface area contributed by atoms with E-state index in [0.29, 0.717) is 17.1 Å². The average molecular weight is 609 g/mol. The first-order chi connectivity index (χ1) is 18.9. The van der Waals surface area contributed by atoms with Crippen molar-refractivity contribution in [3.63, 3.8) is 0 Å². The van der Waals surface area contributed by atoms with E-state index in [1.807, 2.05) is 13.8 Å². The fourth-order valence-corrected chi connectivity index (χ4v) is 5.70. The summed E-state index contributed by atoms with van der Waals surface area (Å²) in [5.74, 6) is -1.92. The number of hydrogen-bond acceptors (Lipinski definition) is 4.